The van der Waals surface area contributed by atoms with Crippen molar-refractivity contribution in [1.29, 1.82) is 0 Å². The standard InChI is InChI=1S/C25H25ClN4O3/c1-16-19(15-27-24-14-21(28-30(16)24)18-7-5-6-8-20(18)26)25(31)29(2)12-11-17-9-10-22(32-3)23(13-17)33-4/h5-10,13-15H,11-12H2,1-4H3. The number of fused-ring (bicyclic) bond motifs is 1. The van der Waals surface area contributed by atoms with Crippen LogP contribution in [0.1, 0.15) is 21.6 Å². The van der Waals surface area contributed by atoms with Crippen LogP contribution in [0.4, 0.5) is 0 Å². The van der Waals surface area contributed by atoms with Crippen molar-refractivity contribution in [3.63, 3.8) is 0 Å². The van der Waals surface area contributed by atoms with Gasteiger partial charge in [0, 0.05) is 31.4 Å². The fourth-order valence-electron chi connectivity index (χ4n) is 3.70. The van der Waals surface area contributed by atoms with Crippen LogP contribution in [0.3, 0.4) is 0 Å². The van der Waals surface area contributed by atoms with E-state index in [1.54, 1.807) is 36.9 Å². The van der Waals surface area contributed by atoms with Crippen molar-refractivity contribution in [2.24, 2.45) is 0 Å². The monoisotopic (exact) mass is 464 g/mol. The van der Waals surface area contributed by atoms with Crippen molar-refractivity contribution in [3.8, 4) is 22.8 Å². The van der Waals surface area contributed by atoms with Crippen LogP contribution in [0, 0.1) is 6.92 Å². The molecule has 0 saturated carbocycles. The quantitative estimate of drug-likeness (QED) is 0.397. The summed E-state index contributed by atoms with van der Waals surface area (Å²) in [5, 5.41) is 5.26. The van der Waals surface area contributed by atoms with E-state index < -0.39 is 0 Å². The Morgan fingerprint density at radius 1 is 1.09 bits per heavy atom. The maximum absolute atomic E-state index is 13.2. The third-order valence-corrected chi connectivity index (χ3v) is 5.96. The number of carbonyl (C=O) groups is 1. The number of nitrogens with zero attached hydrogens (tertiary/aromatic N) is 4. The topological polar surface area (TPSA) is 69.0 Å². The van der Waals surface area contributed by atoms with Crippen molar-refractivity contribution in [1.82, 2.24) is 19.5 Å². The van der Waals surface area contributed by atoms with E-state index in [9.17, 15) is 4.79 Å². The molecular weight excluding hydrogens is 440 g/mol. The fraction of sp³-hybridized carbons (Fsp3) is 0.240. The van der Waals surface area contributed by atoms with Crippen LogP contribution in [-0.2, 0) is 6.42 Å². The Kier molecular flexibility index (Phi) is 6.51. The number of likely N-dealkylation sites (N-methyl/N-ethyl adjacent to an activating group) is 1. The van der Waals surface area contributed by atoms with Crippen molar-refractivity contribution in [3.05, 3.63) is 76.6 Å². The molecule has 0 N–H and O–H groups in total. The minimum atomic E-state index is -0.114. The molecular formula is C25H25ClN4O3. The molecule has 0 aliphatic carbocycles. The van der Waals surface area contributed by atoms with Crippen LogP contribution in [0.15, 0.2) is 54.7 Å². The molecule has 0 bridgehead atoms. The number of halogens is 1. The van der Waals surface area contributed by atoms with Crippen LogP contribution in [0.25, 0.3) is 16.9 Å². The Labute approximate surface area is 197 Å². The summed E-state index contributed by atoms with van der Waals surface area (Å²) in [4.78, 5) is 19.3. The smallest absolute Gasteiger partial charge is 0.257 e. The zero-order chi connectivity index (χ0) is 23.5. The van der Waals surface area contributed by atoms with E-state index in [4.69, 9.17) is 21.1 Å². The fourth-order valence-corrected chi connectivity index (χ4v) is 3.93. The molecule has 0 fully saturated rings. The second kappa shape index (κ2) is 9.50. The molecule has 2 aromatic heterocycles. The summed E-state index contributed by atoms with van der Waals surface area (Å²) in [6.45, 7) is 2.41. The molecule has 0 aliphatic rings. The lowest BCUT2D eigenvalue weighted by Gasteiger charge is -2.19. The molecule has 33 heavy (non-hydrogen) atoms. The molecule has 170 valence electrons. The maximum Gasteiger partial charge on any atom is 0.257 e. The normalized spacial score (nSPS) is 10.9. The lowest BCUT2D eigenvalue weighted by Crippen LogP contribution is -2.30. The Morgan fingerprint density at radius 2 is 1.85 bits per heavy atom. The molecule has 8 heteroatoms. The summed E-state index contributed by atoms with van der Waals surface area (Å²) in [5.41, 5.74) is 4.47. The summed E-state index contributed by atoms with van der Waals surface area (Å²) in [5.74, 6) is 1.23. The molecule has 0 atom stereocenters. The molecule has 4 aromatic rings. The molecule has 0 radical (unpaired) electrons. The van der Waals surface area contributed by atoms with E-state index in [1.165, 1.54) is 0 Å². The highest BCUT2D eigenvalue weighted by Crippen LogP contribution is 2.29. The number of amides is 1. The molecule has 2 aromatic carbocycles. The average Bonchev–Trinajstić information content (AvgIpc) is 3.27. The SMILES string of the molecule is COc1ccc(CCN(C)C(=O)c2cnc3cc(-c4ccccc4Cl)nn3c2C)cc1OC. The number of carbonyl (C=O) groups excluding carboxylic acids is 1. The highest BCUT2D eigenvalue weighted by Gasteiger charge is 2.19. The lowest BCUT2D eigenvalue weighted by atomic mass is 10.1. The number of ether oxygens (including phenoxy) is 2. The van der Waals surface area contributed by atoms with Crippen LogP contribution >= 0.6 is 11.6 Å². The van der Waals surface area contributed by atoms with Gasteiger partial charge in [0.1, 0.15) is 0 Å². The minimum Gasteiger partial charge on any atom is -0.493 e. The molecule has 4 rings (SSSR count). The van der Waals surface area contributed by atoms with E-state index in [0.717, 1.165) is 16.8 Å². The van der Waals surface area contributed by atoms with Crippen molar-refractivity contribution in [2.45, 2.75) is 13.3 Å². The van der Waals surface area contributed by atoms with Gasteiger partial charge in [0.15, 0.2) is 17.1 Å². The predicted molar refractivity (Wildman–Crippen MR) is 128 cm³/mol. The van der Waals surface area contributed by atoms with Gasteiger partial charge < -0.3 is 14.4 Å². The number of rotatable bonds is 7. The maximum atomic E-state index is 13.2. The van der Waals surface area contributed by atoms with E-state index in [0.29, 0.717) is 46.4 Å². The van der Waals surface area contributed by atoms with Gasteiger partial charge in [0.2, 0.25) is 0 Å². The molecule has 0 aliphatic heterocycles. The first-order valence-electron chi connectivity index (χ1n) is 10.5. The van der Waals surface area contributed by atoms with Crippen molar-refractivity contribution < 1.29 is 14.3 Å². The zero-order valence-corrected chi connectivity index (χ0v) is 19.8. The summed E-state index contributed by atoms with van der Waals surface area (Å²) in [7, 11) is 4.99. The second-order valence-corrected chi connectivity index (χ2v) is 8.11. The first-order chi connectivity index (χ1) is 15.9. The minimum absolute atomic E-state index is 0.114. The highest BCUT2D eigenvalue weighted by molar-refractivity contribution is 6.33. The number of benzene rings is 2. The second-order valence-electron chi connectivity index (χ2n) is 7.70. The third-order valence-electron chi connectivity index (χ3n) is 5.63. The highest BCUT2D eigenvalue weighted by atomic mass is 35.5. The summed E-state index contributed by atoms with van der Waals surface area (Å²) in [6, 6.07) is 15.1. The number of aryl methyl sites for hydroxylation is 1. The van der Waals surface area contributed by atoms with Gasteiger partial charge in [-0.25, -0.2) is 9.50 Å². The third kappa shape index (κ3) is 4.50. The predicted octanol–water partition coefficient (Wildman–Crippen LogP) is 4.69. The molecule has 0 spiro atoms. The molecule has 2 heterocycles. The summed E-state index contributed by atoms with van der Waals surface area (Å²) >= 11 is 6.33. The van der Waals surface area contributed by atoms with Gasteiger partial charge in [-0.1, -0.05) is 35.9 Å². The molecule has 1 amide bonds. The van der Waals surface area contributed by atoms with E-state index in [1.807, 2.05) is 55.5 Å². The molecule has 0 unspecified atom stereocenters. The van der Waals surface area contributed by atoms with Gasteiger partial charge in [-0.2, -0.15) is 5.10 Å². The summed E-state index contributed by atoms with van der Waals surface area (Å²) in [6.07, 6.45) is 2.29. The van der Waals surface area contributed by atoms with Crippen LogP contribution in [-0.4, -0.2) is 53.2 Å². The van der Waals surface area contributed by atoms with Gasteiger partial charge in [-0.05, 0) is 37.1 Å². The number of methoxy groups -OCH3 is 2. The first-order valence-corrected chi connectivity index (χ1v) is 10.9. The first kappa shape index (κ1) is 22.6. The van der Waals surface area contributed by atoms with Crippen LogP contribution in [0.2, 0.25) is 5.02 Å². The van der Waals surface area contributed by atoms with E-state index in [2.05, 4.69) is 10.1 Å². The average molecular weight is 465 g/mol. The van der Waals surface area contributed by atoms with Crippen LogP contribution in [0.5, 0.6) is 11.5 Å². The van der Waals surface area contributed by atoms with Gasteiger partial charge in [0.25, 0.3) is 5.91 Å². The Bertz CT molecular complexity index is 1320. The van der Waals surface area contributed by atoms with Gasteiger partial charge in [-0.3, -0.25) is 4.79 Å². The Hall–Kier alpha value is -3.58. The Morgan fingerprint density at radius 3 is 2.58 bits per heavy atom. The zero-order valence-electron chi connectivity index (χ0n) is 19.0. The lowest BCUT2D eigenvalue weighted by molar-refractivity contribution is 0.0794. The number of hydrogen-bond acceptors (Lipinski definition) is 5. The van der Waals surface area contributed by atoms with Crippen LogP contribution < -0.4 is 9.47 Å². The molecule has 7 nitrogen and oxygen atoms in total. The van der Waals surface area contributed by atoms with Gasteiger partial charge >= 0.3 is 0 Å². The Balaban J connectivity index is 1.54. The van der Waals surface area contributed by atoms with Crippen molar-refractivity contribution >= 4 is 23.2 Å². The molecule has 0 saturated heterocycles. The van der Waals surface area contributed by atoms with Gasteiger partial charge in [0.05, 0.1) is 36.2 Å². The number of aromatic nitrogens is 3. The van der Waals surface area contributed by atoms with Crippen molar-refractivity contribution in [2.75, 3.05) is 27.8 Å². The summed E-state index contributed by atoms with van der Waals surface area (Å²) < 4.78 is 12.3. The largest absolute Gasteiger partial charge is 0.493 e. The van der Waals surface area contributed by atoms with E-state index >= 15 is 0 Å². The number of hydrogen-bond donors (Lipinski definition) is 0. The van der Waals surface area contributed by atoms with Gasteiger partial charge in [-0.15, -0.1) is 0 Å². The van der Waals surface area contributed by atoms with E-state index in [-0.39, 0.29) is 5.91 Å².